The van der Waals surface area contributed by atoms with E-state index < -0.39 is 21.5 Å². The number of sulfonamides is 1. The summed E-state index contributed by atoms with van der Waals surface area (Å²) >= 11 is 0. The van der Waals surface area contributed by atoms with E-state index in [4.69, 9.17) is 5.11 Å². The molecule has 1 aliphatic carbocycles. The minimum atomic E-state index is -3.42. The van der Waals surface area contributed by atoms with Crippen LogP contribution in [0.15, 0.2) is 0 Å². The molecule has 1 aliphatic rings. The lowest BCUT2D eigenvalue weighted by atomic mass is 10.1. The van der Waals surface area contributed by atoms with Gasteiger partial charge >= 0.3 is 5.97 Å². The Morgan fingerprint density at radius 2 is 1.86 bits per heavy atom. The second kappa shape index (κ2) is 3.20. The maximum atomic E-state index is 11.7. The van der Waals surface area contributed by atoms with E-state index in [0.29, 0.717) is 12.8 Å². The molecule has 0 saturated heterocycles. The molecular formula is C8H15NO4S. The number of hydrogen-bond acceptors (Lipinski definition) is 3. The molecule has 0 bridgehead atoms. The molecule has 0 heterocycles. The Labute approximate surface area is 83.8 Å². The van der Waals surface area contributed by atoms with E-state index in [1.54, 1.807) is 0 Å². The summed E-state index contributed by atoms with van der Waals surface area (Å²) < 4.78 is 24.4. The lowest BCUT2D eigenvalue weighted by Gasteiger charge is -2.30. The van der Waals surface area contributed by atoms with Gasteiger partial charge in [0, 0.05) is 7.05 Å². The van der Waals surface area contributed by atoms with Gasteiger partial charge in [0.2, 0.25) is 10.0 Å². The molecule has 1 saturated carbocycles. The van der Waals surface area contributed by atoms with Crippen molar-refractivity contribution in [3.8, 4) is 0 Å². The van der Waals surface area contributed by atoms with E-state index in [9.17, 15) is 13.2 Å². The third kappa shape index (κ3) is 1.76. The van der Waals surface area contributed by atoms with Crippen LogP contribution < -0.4 is 0 Å². The summed E-state index contributed by atoms with van der Waals surface area (Å²) in [6.07, 6.45) is 1.28. The first-order valence-corrected chi connectivity index (χ1v) is 5.92. The fraction of sp³-hybridized carbons (Fsp3) is 0.875. The maximum absolute atomic E-state index is 11.7. The Kier molecular flexibility index (Phi) is 2.62. The largest absolute Gasteiger partial charge is 0.480 e. The predicted octanol–water partition coefficient (Wildman–Crippen LogP) is 0.274. The normalized spacial score (nSPS) is 18.6. The van der Waals surface area contributed by atoms with E-state index in [1.807, 2.05) is 0 Å². The van der Waals surface area contributed by atoms with Crippen molar-refractivity contribution in [2.24, 2.45) is 0 Å². The summed E-state index contributed by atoms with van der Waals surface area (Å²) in [5.41, 5.74) is -1.37. The summed E-state index contributed by atoms with van der Waals surface area (Å²) in [4.78, 5) is 10.8. The highest BCUT2D eigenvalue weighted by atomic mass is 32.2. The zero-order chi connectivity index (χ0) is 11.1. The van der Waals surface area contributed by atoms with Crippen LogP contribution in [0.2, 0.25) is 0 Å². The summed E-state index contributed by atoms with van der Waals surface area (Å²) in [5, 5.41) is 8.50. The molecule has 0 spiro atoms. The Bertz CT molecular complexity index is 342. The molecule has 0 amide bonds. The molecule has 0 aromatic rings. The molecule has 6 heteroatoms. The van der Waals surface area contributed by atoms with E-state index in [1.165, 1.54) is 20.9 Å². The molecule has 14 heavy (non-hydrogen) atoms. The van der Waals surface area contributed by atoms with Gasteiger partial charge in [-0.3, -0.25) is 4.79 Å². The summed E-state index contributed by atoms with van der Waals surface area (Å²) in [6, 6.07) is 0. The van der Waals surface area contributed by atoms with Gasteiger partial charge in [0.15, 0.2) is 0 Å². The summed E-state index contributed by atoms with van der Waals surface area (Å²) in [7, 11) is -2.09. The Morgan fingerprint density at radius 1 is 1.43 bits per heavy atom. The average molecular weight is 221 g/mol. The summed E-state index contributed by atoms with van der Waals surface area (Å²) in [5.74, 6) is -1.13. The van der Waals surface area contributed by atoms with Gasteiger partial charge < -0.3 is 5.11 Å². The number of nitrogens with zero attached hydrogens (tertiary/aromatic N) is 1. The van der Waals surface area contributed by atoms with Crippen molar-refractivity contribution in [1.82, 2.24) is 4.31 Å². The molecule has 1 fully saturated rings. The van der Waals surface area contributed by atoms with Gasteiger partial charge in [-0.2, -0.15) is 4.31 Å². The first kappa shape index (κ1) is 11.5. The Morgan fingerprint density at radius 3 is 2.14 bits per heavy atom. The topological polar surface area (TPSA) is 74.7 Å². The number of likely N-dealkylation sites (N-methyl/N-ethyl adjacent to an activating group) is 1. The van der Waals surface area contributed by atoms with Crippen molar-refractivity contribution < 1.29 is 18.3 Å². The number of hydrogen-bond donors (Lipinski definition) is 1. The molecular weight excluding hydrogens is 206 g/mol. The third-order valence-electron chi connectivity index (χ3n) is 2.64. The lowest BCUT2D eigenvalue weighted by molar-refractivity contribution is -0.145. The van der Waals surface area contributed by atoms with Gasteiger partial charge in [-0.1, -0.05) is 0 Å². The van der Waals surface area contributed by atoms with E-state index in [2.05, 4.69) is 0 Å². The zero-order valence-corrected chi connectivity index (χ0v) is 9.34. The van der Waals surface area contributed by atoms with Crippen LogP contribution in [0.25, 0.3) is 0 Å². The fourth-order valence-corrected chi connectivity index (χ4v) is 2.94. The molecule has 1 rings (SSSR count). The van der Waals surface area contributed by atoms with Gasteiger partial charge in [0.1, 0.15) is 5.54 Å². The number of rotatable bonds is 4. The van der Waals surface area contributed by atoms with Gasteiger partial charge in [0.25, 0.3) is 0 Å². The van der Waals surface area contributed by atoms with Crippen LogP contribution in [0.1, 0.15) is 26.7 Å². The van der Waals surface area contributed by atoms with Crippen molar-refractivity contribution in [3.05, 3.63) is 0 Å². The van der Waals surface area contributed by atoms with Crippen LogP contribution in [0.5, 0.6) is 0 Å². The zero-order valence-electron chi connectivity index (χ0n) is 8.52. The highest BCUT2D eigenvalue weighted by molar-refractivity contribution is 7.90. The standard InChI is InChI=1S/C8H15NO4S/c1-8(2,7(10)11)9(3)14(12,13)6-4-5-6/h6H,4-5H2,1-3H3,(H,10,11). The molecule has 0 aromatic carbocycles. The lowest BCUT2D eigenvalue weighted by Crippen LogP contribution is -2.51. The van der Waals surface area contributed by atoms with Crippen molar-refractivity contribution in [2.45, 2.75) is 37.5 Å². The van der Waals surface area contributed by atoms with Crippen molar-refractivity contribution >= 4 is 16.0 Å². The third-order valence-corrected chi connectivity index (χ3v) is 5.17. The quantitative estimate of drug-likeness (QED) is 0.739. The smallest absolute Gasteiger partial charge is 0.324 e. The highest BCUT2D eigenvalue weighted by Crippen LogP contribution is 2.33. The van der Waals surface area contributed by atoms with E-state index in [-0.39, 0.29) is 5.25 Å². The molecule has 0 aromatic heterocycles. The highest BCUT2D eigenvalue weighted by Gasteiger charge is 2.46. The first-order chi connectivity index (χ1) is 6.20. The monoisotopic (exact) mass is 221 g/mol. The molecule has 1 N–H and O–H groups in total. The van der Waals surface area contributed by atoms with Crippen molar-refractivity contribution in [2.75, 3.05) is 7.05 Å². The van der Waals surface area contributed by atoms with Crippen LogP contribution in [0.3, 0.4) is 0 Å². The summed E-state index contributed by atoms with van der Waals surface area (Å²) in [6.45, 7) is 2.77. The van der Waals surface area contributed by atoms with E-state index >= 15 is 0 Å². The van der Waals surface area contributed by atoms with Crippen LogP contribution in [-0.2, 0) is 14.8 Å². The van der Waals surface area contributed by atoms with Crippen LogP contribution in [0.4, 0.5) is 0 Å². The molecule has 0 atom stereocenters. The average Bonchev–Trinajstić information content (AvgIpc) is 2.84. The fourth-order valence-electron chi connectivity index (χ4n) is 1.04. The predicted molar refractivity (Wildman–Crippen MR) is 51.4 cm³/mol. The first-order valence-electron chi connectivity index (χ1n) is 4.42. The molecule has 0 unspecified atom stereocenters. The molecule has 5 nitrogen and oxygen atoms in total. The number of carboxylic acid groups (broad SMARTS) is 1. The Balaban J connectivity index is 2.94. The van der Waals surface area contributed by atoms with Gasteiger partial charge in [-0.25, -0.2) is 8.42 Å². The minimum Gasteiger partial charge on any atom is -0.480 e. The van der Waals surface area contributed by atoms with Crippen molar-refractivity contribution in [3.63, 3.8) is 0 Å². The Hall–Kier alpha value is -0.620. The number of carbonyl (C=O) groups is 1. The van der Waals surface area contributed by atoms with Gasteiger partial charge in [-0.05, 0) is 26.7 Å². The van der Waals surface area contributed by atoms with Crippen LogP contribution >= 0.6 is 0 Å². The minimum absolute atomic E-state index is 0.369. The van der Waals surface area contributed by atoms with Crippen LogP contribution in [-0.4, -0.2) is 41.6 Å². The van der Waals surface area contributed by atoms with Gasteiger partial charge in [0.05, 0.1) is 5.25 Å². The SMILES string of the molecule is CN(C(C)(C)C(=O)O)S(=O)(=O)C1CC1. The van der Waals surface area contributed by atoms with Gasteiger partial charge in [-0.15, -0.1) is 0 Å². The molecule has 0 radical (unpaired) electrons. The number of carboxylic acids is 1. The molecule has 82 valence electrons. The second-order valence-electron chi connectivity index (χ2n) is 4.08. The van der Waals surface area contributed by atoms with Crippen molar-refractivity contribution in [1.29, 1.82) is 0 Å². The van der Waals surface area contributed by atoms with E-state index in [0.717, 1.165) is 4.31 Å². The maximum Gasteiger partial charge on any atom is 0.324 e. The molecule has 0 aliphatic heterocycles. The number of aliphatic carboxylic acids is 1. The second-order valence-corrected chi connectivity index (χ2v) is 6.32. The van der Waals surface area contributed by atoms with Crippen LogP contribution in [0, 0.1) is 0 Å².